The largest absolute Gasteiger partial charge is 0.496 e. The number of morpholine rings is 1. The Morgan fingerprint density at radius 3 is 2.65 bits per heavy atom. The number of rotatable bonds is 2. The maximum atomic E-state index is 12.6. The molecule has 1 aromatic carbocycles. The molecule has 2 aliphatic rings. The van der Waals surface area contributed by atoms with E-state index in [9.17, 15) is 9.59 Å². The van der Waals surface area contributed by atoms with Crippen molar-refractivity contribution in [2.45, 2.75) is 0 Å². The van der Waals surface area contributed by atoms with Crippen LogP contribution in [0.25, 0.3) is 0 Å². The van der Waals surface area contributed by atoms with E-state index in [4.69, 9.17) is 9.47 Å². The lowest BCUT2D eigenvalue weighted by molar-refractivity contribution is 0.0501. The molecular formula is C15H15NO4. The lowest BCUT2D eigenvalue weighted by Crippen LogP contribution is -2.39. The molecule has 3 rings (SSSR count). The van der Waals surface area contributed by atoms with E-state index in [1.54, 1.807) is 18.2 Å². The van der Waals surface area contributed by atoms with Gasteiger partial charge in [0.25, 0.3) is 0 Å². The SMILES string of the molecule is COc1cccc2c1C(=O)C=C(N1CCOCC1)C2=O. The van der Waals surface area contributed by atoms with E-state index in [-0.39, 0.29) is 11.6 Å². The van der Waals surface area contributed by atoms with Gasteiger partial charge in [0.05, 0.1) is 31.6 Å². The van der Waals surface area contributed by atoms with Crippen molar-refractivity contribution in [2.24, 2.45) is 0 Å². The van der Waals surface area contributed by atoms with Gasteiger partial charge in [-0.1, -0.05) is 6.07 Å². The molecule has 1 aliphatic carbocycles. The van der Waals surface area contributed by atoms with Crippen molar-refractivity contribution in [3.8, 4) is 5.75 Å². The molecule has 0 saturated carbocycles. The number of allylic oxidation sites excluding steroid dienone is 2. The number of benzene rings is 1. The summed E-state index contributed by atoms with van der Waals surface area (Å²) in [6, 6.07) is 5.09. The Bertz CT molecular complexity index is 600. The fourth-order valence-corrected chi connectivity index (χ4v) is 2.58. The van der Waals surface area contributed by atoms with Gasteiger partial charge in [-0.25, -0.2) is 0 Å². The second-order valence-electron chi connectivity index (χ2n) is 4.71. The van der Waals surface area contributed by atoms with E-state index in [2.05, 4.69) is 0 Å². The van der Waals surface area contributed by atoms with Crippen LogP contribution in [0.3, 0.4) is 0 Å². The third kappa shape index (κ3) is 2.00. The first kappa shape index (κ1) is 12.9. The monoisotopic (exact) mass is 273 g/mol. The van der Waals surface area contributed by atoms with E-state index in [1.807, 2.05) is 4.90 Å². The van der Waals surface area contributed by atoms with E-state index in [0.29, 0.717) is 48.9 Å². The van der Waals surface area contributed by atoms with Crippen LogP contribution in [0.4, 0.5) is 0 Å². The summed E-state index contributed by atoms with van der Waals surface area (Å²) >= 11 is 0. The van der Waals surface area contributed by atoms with Crippen molar-refractivity contribution in [3.63, 3.8) is 0 Å². The number of carbonyl (C=O) groups is 2. The minimum Gasteiger partial charge on any atom is -0.496 e. The van der Waals surface area contributed by atoms with Crippen LogP contribution in [-0.4, -0.2) is 49.9 Å². The molecule has 5 nitrogen and oxygen atoms in total. The minimum absolute atomic E-state index is 0.125. The summed E-state index contributed by atoms with van der Waals surface area (Å²) in [6.45, 7) is 2.40. The Hall–Kier alpha value is -2.14. The fraction of sp³-hybridized carbons (Fsp3) is 0.333. The van der Waals surface area contributed by atoms with Crippen LogP contribution in [0, 0.1) is 0 Å². The number of hydrogen-bond donors (Lipinski definition) is 0. The smallest absolute Gasteiger partial charge is 0.210 e. The number of hydrogen-bond acceptors (Lipinski definition) is 5. The van der Waals surface area contributed by atoms with Gasteiger partial charge in [0.2, 0.25) is 5.78 Å². The molecule has 0 amide bonds. The highest BCUT2D eigenvalue weighted by Crippen LogP contribution is 2.30. The zero-order valence-corrected chi connectivity index (χ0v) is 11.2. The highest BCUT2D eigenvalue weighted by molar-refractivity contribution is 6.25. The van der Waals surface area contributed by atoms with Crippen molar-refractivity contribution in [1.29, 1.82) is 0 Å². The molecule has 1 saturated heterocycles. The molecule has 1 aliphatic heterocycles. The molecule has 0 unspecified atom stereocenters. The number of nitrogens with zero attached hydrogens (tertiary/aromatic N) is 1. The van der Waals surface area contributed by atoms with Crippen molar-refractivity contribution in [1.82, 2.24) is 4.90 Å². The third-order valence-electron chi connectivity index (χ3n) is 3.59. The van der Waals surface area contributed by atoms with Gasteiger partial charge in [-0.05, 0) is 12.1 Å². The predicted molar refractivity (Wildman–Crippen MR) is 72.1 cm³/mol. The standard InChI is InChI=1S/C15H15NO4/c1-19-13-4-2-3-10-14(13)12(17)9-11(15(10)18)16-5-7-20-8-6-16/h2-4,9H,5-8H2,1H3. The average molecular weight is 273 g/mol. The maximum Gasteiger partial charge on any atom is 0.210 e. The quantitative estimate of drug-likeness (QED) is 0.812. The maximum absolute atomic E-state index is 12.6. The molecule has 0 bridgehead atoms. The second kappa shape index (κ2) is 5.09. The number of carbonyl (C=O) groups excluding carboxylic acids is 2. The molecule has 0 aromatic heterocycles. The Kier molecular flexibility index (Phi) is 3.28. The van der Waals surface area contributed by atoms with Crippen molar-refractivity contribution < 1.29 is 19.1 Å². The minimum atomic E-state index is -0.182. The Labute approximate surface area is 116 Å². The second-order valence-corrected chi connectivity index (χ2v) is 4.71. The van der Waals surface area contributed by atoms with Crippen molar-refractivity contribution in [3.05, 3.63) is 41.1 Å². The number of ether oxygens (including phenoxy) is 2. The van der Waals surface area contributed by atoms with Gasteiger partial charge < -0.3 is 14.4 Å². The molecule has 5 heteroatoms. The number of ketones is 2. The van der Waals surface area contributed by atoms with Crippen molar-refractivity contribution in [2.75, 3.05) is 33.4 Å². The fourth-order valence-electron chi connectivity index (χ4n) is 2.58. The molecular weight excluding hydrogens is 258 g/mol. The Balaban J connectivity index is 2.02. The van der Waals surface area contributed by atoms with Gasteiger partial charge >= 0.3 is 0 Å². The van der Waals surface area contributed by atoms with E-state index in [0.717, 1.165) is 0 Å². The van der Waals surface area contributed by atoms with E-state index < -0.39 is 0 Å². The molecule has 104 valence electrons. The normalized spacial score (nSPS) is 18.6. The molecule has 0 N–H and O–H groups in total. The van der Waals surface area contributed by atoms with Gasteiger partial charge in [-0.2, -0.15) is 0 Å². The van der Waals surface area contributed by atoms with Gasteiger partial charge in [0, 0.05) is 24.7 Å². The van der Waals surface area contributed by atoms with Crippen LogP contribution in [-0.2, 0) is 4.74 Å². The summed E-state index contributed by atoms with van der Waals surface area (Å²) in [5.41, 5.74) is 1.23. The first-order valence-corrected chi connectivity index (χ1v) is 6.53. The first-order chi connectivity index (χ1) is 9.72. The van der Waals surface area contributed by atoms with Gasteiger partial charge in [0.1, 0.15) is 5.75 Å². The Morgan fingerprint density at radius 2 is 1.95 bits per heavy atom. The van der Waals surface area contributed by atoms with Gasteiger partial charge in [-0.15, -0.1) is 0 Å². The molecule has 0 spiro atoms. The molecule has 1 heterocycles. The number of methoxy groups -OCH3 is 1. The predicted octanol–water partition coefficient (Wildman–Crippen LogP) is 1.29. The first-order valence-electron chi connectivity index (χ1n) is 6.53. The topological polar surface area (TPSA) is 55.8 Å². The summed E-state index contributed by atoms with van der Waals surface area (Å²) < 4.78 is 10.4. The Morgan fingerprint density at radius 1 is 1.20 bits per heavy atom. The molecule has 0 radical (unpaired) electrons. The van der Waals surface area contributed by atoms with Crippen LogP contribution >= 0.6 is 0 Å². The van der Waals surface area contributed by atoms with Crippen LogP contribution in [0.2, 0.25) is 0 Å². The van der Waals surface area contributed by atoms with Crippen LogP contribution < -0.4 is 4.74 Å². The lowest BCUT2D eigenvalue weighted by Gasteiger charge is -2.31. The summed E-state index contributed by atoms with van der Waals surface area (Å²) in [4.78, 5) is 26.8. The van der Waals surface area contributed by atoms with Gasteiger partial charge in [-0.3, -0.25) is 9.59 Å². The van der Waals surface area contributed by atoms with Crippen LogP contribution in [0.15, 0.2) is 30.0 Å². The molecule has 0 atom stereocenters. The van der Waals surface area contributed by atoms with E-state index in [1.165, 1.54) is 13.2 Å². The van der Waals surface area contributed by atoms with Gasteiger partial charge in [0.15, 0.2) is 5.78 Å². The third-order valence-corrected chi connectivity index (χ3v) is 3.59. The molecule has 1 fully saturated rings. The average Bonchev–Trinajstić information content (AvgIpc) is 2.51. The molecule has 20 heavy (non-hydrogen) atoms. The zero-order chi connectivity index (χ0) is 14.1. The summed E-state index contributed by atoms with van der Waals surface area (Å²) in [5, 5.41) is 0. The summed E-state index contributed by atoms with van der Waals surface area (Å²) in [5.74, 6) is 0.136. The van der Waals surface area contributed by atoms with Crippen molar-refractivity contribution >= 4 is 11.6 Å². The lowest BCUT2D eigenvalue weighted by atomic mass is 9.91. The number of fused-ring (bicyclic) bond motifs is 1. The summed E-state index contributed by atoms with van der Waals surface area (Å²) in [6.07, 6.45) is 1.42. The highest BCUT2D eigenvalue weighted by Gasteiger charge is 2.31. The van der Waals surface area contributed by atoms with Crippen LogP contribution in [0.5, 0.6) is 5.75 Å². The summed E-state index contributed by atoms with van der Waals surface area (Å²) in [7, 11) is 1.49. The number of Topliss-reactive ketones (excluding diaryl/α,β-unsaturated/α-hetero) is 1. The molecule has 1 aromatic rings. The zero-order valence-electron chi connectivity index (χ0n) is 11.2. The highest BCUT2D eigenvalue weighted by atomic mass is 16.5. The van der Waals surface area contributed by atoms with E-state index >= 15 is 0 Å². The van der Waals surface area contributed by atoms with Crippen LogP contribution in [0.1, 0.15) is 20.7 Å².